The van der Waals surface area contributed by atoms with Crippen LogP contribution < -0.4 is 0 Å². The number of alkyl halides is 1. The summed E-state index contributed by atoms with van der Waals surface area (Å²) in [5.41, 5.74) is 0. The molecule has 8 heavy (non-hydrogen) atoms. The van der Waals surface area contributed by atoms with Crippen LogP contribution in [0.5, 0.6) is 0 Å². The second-order valence-electron chi connectivity index (χ2n) is 2.13. The third kappa shape index (κ3) is 2.11. The molecule has 0 amide bonds. The summed E-state index contributed by atoms with van der Waals surface area (Å²) in [6.07, 6.45) is 2.62. The van der Waals surface area contributed by atoms with Crippen molar-refractivity contribution in [1.82, 2.24) is 4.31 Å². The van der Waals surface area contributed by atoms with E-state index in [9.17, 15) is 0 Å². The minimum absolute atomic E-state index is 0.899. The number of halogens is 1. The maximum Gasteiger partial charge on any atom is 0.0135 e. The fourth-order valence-electron chi connectivity index (χ4n) is 0.834. The topological polar surface area (TPSA) is 3.24 Å². The van der Waals surface area contributed by atoms with Crippen LogP contribution in [0, 0.1) is 0 Å². The third-order valence-electron chi connectivity index (χ3n) is 1.40. The lowest BCUT2D eigenvalue weighted by atomic mass is 10.2. The van der Waals surface area contributed by atoms with Gasteiger partial charge < -0.3 is 0 Å². The van der Waals surface area contributed by atoms with Crippen molar-refractivity contribution in [1.29, 1.82) is 0 Å². The Bertz CT molecular complexity index is 60.8. The van der Waals surface area contributed by atoms with E-state index in [-0.39, 0.29) is 0 Å². The maximum atomic E-state index is 4.23. The molecule has 0 aromatic heterocycles. The Morgan fingerprint density at radius 3 is 2.25 bits per heavy atom. The molecule has 1 saturated heterocycles. The van der Waals surface area contributed by atoms with E-state index in [0.29, 0.717) is 0 Å². The Labute approximate surface area is 69.5 Å². The molecule has 0 saturated carbocycles. The molecule has 0 radical (unpaired) electrons. The highest BCUT2D eigenvalue weighted by Crippen LogP contribution is 2.18. The Balaban J connectivity index is 2.19. The highest BCUT2D eigenvalue weighted by Gasteiger charge is 2.12. The van der Waals surface area contributed by atoms with Gasteiger partial charge in [0.1, 0.15) is 0 Å². The fourth-order valence-corrected chi connectivity index (χ4v) is 1.62. The van der Waals surface area contributed by atoms with Crippen molar-refractivity contribution in [2.24, 2.45) is 0 Å². The van der Waals surface area contributed by atoms with Crippen LogP contribution in [0.15, 0.2) is 0 Å². The van der Waals surface area contributed by atoms with Crippen LogP contribution >= 0.6 is 35.4 Å². The highest BCUT2D eigenvalue weighted by molar-refractivity contribution is 14.1. The number of rotatable bonds is 0. The number of hydrogen-bond acceptors (Lipinski definition) is 2. The average molecular weight is 243 g/mol. The quantitative estimate of drug-likeness (QED) is 0.385. The van der Waals surface area contributed by atoms with Gasteiger partial charge in [-0.15, -0.1) is 0 Å². The summed E-state index contributed by atoms with van der Waals surface area (Å²) in [7, 11) is 0. The van der Waals surface area contributed by atoms with Gasteiger partial charge in [0.05, 0.1) is 0 Å². The first-order valence-electron chi connectivity index (χ1n) is 2.87. The Hall–Kier alpha value is 1.04. The lowest BCUT2D eigenvalue weighted by Gasteiger charge is -2.23. The zero-order valence-corrected chi connectivity index (χ0v) is 7.73. The van der Waals surface area contributed by atoms with Gasteiger partial charge in [-0.25, -0.2) is 0 Å². The van der Waals surface area contributed by atoms with Crippen molar-refractivity contribution in [3.05, 3.63) is 0 Å². The second-order valence-corrected chi connectivity index (χ2v) is 4.46. The smallest absolute Gasteiger partial charge is 0.0135 e. The van der Waals surface area contributed by atoms with Crippen LogP contribution in [0.3, 0.4) is 0 Å². The van der Waals surface area contributed by atoms with Crippen molar-refractivity contribution in [3.8, 4) is 0 Å². The van der Waals surface area contributed by atoms with Gasteiger partial charge in [0.2, 0.25) is 0 Å². The Kier molecular flexibility index (Phi) is 2.92. The molecule has 0 aromatic carbocycles. The molecule has 0 bridgehead atoms. The van der Waals surface area contributed by atoms with Crippen LogP contribution in [0.2, 0.25) is 0 Å². The molecule has 0 N–H and O–H groups in total. The summed E-state index contributed by atoms with van der Waals surface area (Å²) in [6, 6.07) is 0. The van der Waals surface area contributed by atoms with Gasteiger partial charge in [0.25, 0.3) is 0 Å². The fraction of sp³-hybridized carbons (Fsp3) is 1.00. The lowest BCUT2D eigenvalue weighted by molar-refractivity contribution is 0.399. The van der Waals surface area contributed by atoms with E-state index < -0.39 is 0 Å². The molecule has 0 spiro atoms. The van der Waals surface area contributed by atoms with Crippen molar-refractivity contribution >= 4 is 35.4 Å². The molecular weight excluding hydrogens is 233 g/mol. The van der Waals surface area contributed by atoms with Gasteiger partial charge in [-0.3, -0.25) is 4.31 Å². The van der Waals surface area contributed by atoms with Crippen molar-refractivity contribution in [2.75, 3.05) is 13.1 Å². The Morgan fingerprint density at radius 1 is 1.38 bits per heavy atom. The molecule has 48 valence electrons. The summed E-state index contributed by atoms with van der Waals surface area (Å²) < 4.78 is 2.99. The lowest BCUT2D eigenvalue weighted by Crippen LogP contribution is -2.26. The van der Waals surface area contributed by atoms with E-state index >= 15 is 0 Å². The summed E-state index contributed by atoms with van der Waals surface area (Å²) in [6.45, 7) is 2.33. The summed E-state index contributed by atoms with van der Waals surface area (Å²) in [5, 5.41) is 0. The first-order valence-corrected chi connectivity index (χ1v) is 4.51. The van der Waals surface area contributed by atoms with Gasteiger partial charge in [-0.1, -0.05) is 35.4 Å². The monoisotopic (exact) mass is 243 g/mol. The molecule has 1 aliphatic rings. The van der Waals surface area contributed by atoms with E-state index in [1.54, 1.807) is 0 Å². The molecular formula is C5H10INS. The number of piperidine rings is 1. The van der Waals surface area contributed by atoms with Crippen molar-refractivity contribution in [2.45, 2.75) is 16.8 Å². The predicted octanol–water partition coefficient (Wildman–Crippen LogP) is 1.73. The average Bonchev–Trinajstić information content (AvgIpc) is 1.77. The van der Waals surface area contributed by atoms with Crippen molar-refractivity contribution < 1.29 is 0 Å². The number of hydrogen-bond donors (Lipinski definition) is 1. The molecule has 0 unspecified atom stereocenters. The molecule has 1 fully saturated rings. The van der Waals surface area contributed by atoms with Crippen LogP contribution in [0.1, 0.15) is 12.8 Å². The SMILES string of the molecule is SN1CCC(I)CC1. The minimum Gasteiger partial charge on any atom is -0.253 e. The molecule has 1 nitrogen and oxygen atoms in total. The molecule has 0 atom stereocenters. The maximum absolute atomic E-state index is 4.23. The molecule has 1 heterocycles. The van der Waals surface area contributed by atoms with Gasteiger partial charge in [-0.2, -0.15) is 0 Å². The van der Waals surface area contributed by atoms with E-state index in [2.05, 4.69) is 39.7 Å². The van der Waals surface area contributed by atoms with E-state index in [0.717, 1.165) is 17.0 Å². The third-order valence-corrected chi connectivity index (χ3v) is 3.05. The number of thiol groups is 1. The van der Waals surface area contributed by atoms with E-state index in [1.165, 1.54) is 12.8 Å². The summed E-state index contributed by atoms with van der Waals surface area (Å²) in [5.74, 6) is 0. The zero-order chi connectivity index (χ0) is 5.98. The second kappa shape index (κ2) is 3.27. The van der Waals surface area contributed by atoms with E-state index in [4.69, 9.17) is 0 Å². The minimum atomic E-state index is 0.899. The number of nitrogens with zero attached hydrogens (tertiary/aromatic N) is 1. The zero-order valence-electron chi connectivity index (χ0n) is 4.68. The summed E-state index contributed by atoms with van der Waals surface area (Å²) in [4.78, 5) is 0. The molecule has 0 aromatic rings. The largest absolute Gasteiger partial charge is 0.253 e. The van der Waals surface area contributed by atoms with Crippen LogP contribution in [0.25, 0.3) is 0 Å². The Morgan fingerprint density at radius 2 is 1.88 bits per heavy atom. The highest BCUT2D eigenvalue weighted by atomic mass is 127. The van der Waals surface area contributed by atoms with Crippen LogP contribution in [-0.2, 0) is 0 Å². The molecule has 3 heteroatoms. The van der Waals surface area contributed by atoms with Crippen molar-refractivity contribution in [3.63, 3.8) is 0 Å². The normalized spacial score (nSPS) is 26.2. The molecule has 1 rings (SSSR count). The van der Waals surface area contributed by atoms with Gasteiger partial charge in [0.15, 0.2) is 0 Å². The van der Waals surface area contributed by atoms with Gasteiger partial charge in [0, 0.05) is 17.0 Å². The van der Waals surface area contributed by atoms with Crippen LogP contribution in [0.4, 0.5) is 0 Å². The van der Waals surface area contributed by atoms with E-state index in [1.807, 2.05) is 0 Å². The first-order chi connectivity index (χ1) is 3.79. The standard InChI is InChI=1S/C5H10INS/c6-5-1-3-7(8)4-2-5/h5,8H,1-4H2. The van der Waals surface area contributed by atoms with Crippen LogP contribution in [-0.4, -0.2) is 21.3 Å². The molecule has 1 aliphatic heterocycles. The molecule has 0 aliphatic carbocycles. The summed E-state index contributed by atoms with van der Waals surface area (Å²) >= 11 is 6.74. The first kappa shape index (κ1) is 7.15. The van der Waals surface area contributed by atoms with Gasteiger partial charge in [-0.05, 0) is 12.8 Å². The van der Waals surface area contributed by atoms with Gasteiger partial charge >= 0.3 is 0 Å². The predicted molar refractivity (Wildman–Crippen MR) is 47.6 cm³/mol.